The van der Waals surface area contributed by atoms with E-state index in [-0.39, 0.29) is 12.4 Å². The maximum absolute atomic E-state index is 11.2. The van der Waals surface area contributed by atoms with Gasteiger partial charge in [-0.2, -0.15) is 0 Å². The lowest BCUT2D eigenvalue weighted by Gasteiger charge is -2.23. The molecule has 0 radical (unpaired) electrons. The zero-order chi connectivity index (χ0) is 16.5. The molecular weight excluding hydrogens is 306 g/mol. The van der Waals surface area contributed by atoms with Crippen LogP contribution in [0.3, 0.4) is 0 Å². The minimum Gasteiger partial charge on any atom is -0.476 e. The number of rotatable bonds is 6. The van der Waals surface area contributed by atoms with Crippen molar-refractivity contribution in [2.75, 3.05) is 12.4 Å². The Morgan fingerprint density at radius 1 is 1.50 bits per heavy atom. The lowest BCUT2D eigenvalue weighted by Crippen LogP contribution is -2.34. The summed E-state index contributed by atoms with van der Waals surface area (Å²) in [5.41, 5.74) is 1.39. The standard InChI is InChI=1S/C13H19N5O3S/c1-9(2)10-5-11-15-8-16-18(11)17-12(10)21-6-13(3,4)7-22(14,19)20/h5,8H,1,6-7H2,2-4H3,(H2,14,19,20). The number of hydrogen-bond donors (Lipinski definition) is 1. The van der Waals surface area contributed by atoms with Crippen molar-refractivity contribution >= 4 is 21.2 Å². The second-order valence-corrected chi connectivity index (χ2v) is 7.63. The largest absolute Gasteiger partial charge is 0.476 e. The van der Waals surface area contributed by atoms with Crippen LogP contribution in [-0.4, -0.2) is 40.6 Å². The minimum atomic E-state index is -3.58. The van der Waals surface area contributed by atoms with Crippen LogP contribution in [0.5, 0.6) is 5.88 Å². The molecule has 9 heteroatoms. The van der Waals surface area contributed by atoms with Crippen LogP contribution < -0.4 is 9.88 Å². The first-order valence-corrected chi connectivity index (χ1v) is 8.29. The number of allylic oxidation sites excluding steroid dienone is 1. The van der Waals surface area contributed by atoms with Gasteiger partial charge in [0.25, 0.3) is 0 Å². The van der Waals surface area contributed by atoms with Crippen LogP contribution in [0.25, 0.3) is 11.2 Å². The first-order valence-electron chi connectivity index (χ1n) is 6.58. The van der Waals surface area contributed by atoms with E-state index in [1.54, 1.807) is 19.9 Å². The molecular formula is C13H19N5O3S. The van der Waals surface area contributed by atoms with Gasteiger partial charge < -0.3 is 4.74 Å². The van der Waals surface area contributed by atoms with Crippen LogP contribution in [0.4, 0.5) is 0 Å². The SMILES string of the molecule is C=C(C)c1cc2ncnn2nc1OCC(C)(C)CS(N)(=O)=O. The number of aromatic nitrogens is 4. The Bertz CT molecular complexity index is 810. The molecule has 0 spiro atoms. The first-order chi connectivity index (χ1) is 10.1. The Morgan fingerprint density at radius 3 is 2.77 bits per heavy atom. The smallest absolute Gasteiger partial charge is 0.241 e. The minimum absolute atomic E-state index is 0.136. The summed E-state index contributed by atoms with van der Waals surface area (Å²) in [6, 6.07) is 1.77. The number of nitrogens with two attached hydrogens (primary N) is 1. The van der Waals surface area contributed by atoms with Gasteiger partial charge in [0, 0.05) is 11.0 Å². The van der Waals surface area contributed by atoms with E-state index < -0.39 is 15.4 Å². The maximum Gasteiger partial charge on any atom is 0.241 e. The molecule has 2 N–H and O–H groups in total. The van der Waals surface area contributed by atoms with Crippen LogP contribution in [0.15, 0.2) is 19.0 Å². The summed E-state index contributed by atoms with van der Waals surface area (Å²) in [6.07, 6.45) is 1.39. The molecule has 2 heterocycles. The van der Waals surface area contributed by atoms with Gasteiger partial charge >= 0.3 is 0 Å². The third-order valence-corrected chi connectivity index (χ3v) is 4.08. The van der Waals surface area contributed by atoms with Crippen LogP contribution in [0.1, 0.15) is 26.3 Å². The molecule has 22 heavy (non-hydrogen) atoms. The molecule has 0 aliphatic rings. The fourth-order valence-electron chi connectivity index (χ4n) is 2.01. The van der Waals surface area contributed by atoms with Gasteiger partial charge in [-0.05, 0) is 18.6 Å². The van der Waals surface area contributed by atoms with Crippen molar-refractivity contribution in [3.63, 3.8) is 0 Å². The molecule has 2 aromatic heterocycles. The van der Waals surface area contributed by atoms with Crippen molar-refractivity contribution in [3.05, 3.63) is 24.5 Å². The van der Waals surface area contributed by atoms with Crippen molar-refractivity contribution in [3.8, 4) is 5.88 Å². The zero-order valence-corrected chi connectivity index (χ0v) is 13.6. The summed E-state index contributed by atoms with van der Waals surface area (Å²) in [6.45, 7) is 9.36. The number of hydrogen-bond acceptors (Lipinski definition) is 6. The van der Waals surface area contributed by atoms with Gasteiger partial charge in [-0.1, -0.05) is 20.4 Å². The van der Waals surface area contributed by atoms with Crippen molar-refractivity contribution in [1.29, 1.82) is 0 Å². The number of ether oxygens (including phenoxy) is 1. The third kappa shape index (κ3) is 4.01. The van der Waals surface area contributed by atoms with E-state index in [0.29, 0.717) is 17.1 Å². The Kier molecular flexibility index (Phi) is 4.21. The fourth-order valence-corrected chi connectivity index (χ4v) is 3.18. The Balaban J connectivity index is 2.27. The molecule has 8 nitrogen and oxygen atoms in total. The van der Waals surface area contributed by atoms with E-state index in [0.717, 1.165) is 5.57 Å². The van der Waals surface area contributed by atoms with Crippen molar-refractivity contribution < 1.29 is 13.2 Å². The van der Waals surface area contributed by atoms with E-state index in [1.165, 1.54) is 11.0 Å². The van der Waals surface area contributed by atoms with Gasteiger partial charge in [0.15, 0.2) is 5.65 Å². The van der Waals surface area contributed by atoms with Gasteiger partial charge in [0.2, 0.25) is 15.9 Å². The van der Waals surface area contributed by atoms with Crippen molar-refractivity contribution in [2.24, 2.45) is 10.6 Å². The number of nitrogens with zero attached hydrogens (tertiary/aromatic N) is 4. The summed E-state index contributed by atoms with van der Waals surface area (Å²) in [7, 11) is -3.58. The molecule has 0 atom stereocenters. The molecule has 0 fully saturated rings. The normalized spacial score (nSPS) is 12.5. The first kappa shape index (κ1) is 16.4. The van der Waals surface area contributed by atoms with E-state index in [2.05, 4.69) is 21.8 Å². The average molecular weight is 325 g/mol. The van der Waals surface area contributed by atoms with E-state index in [4.69, 9.17) is 9.88 Å². The van der Waals surface area contributed by atoms with Gasteiger partial charge in [-0.3, -0.25) is 0 Å². The predicted molar refractivity (Wildman–Crippen MR) is 82.7 cm³/mol. The third-order valence-electron chi connectivity index (χ3n) is 2.90. The predicted octanol–water partition coefficient (Wildman–Crippen LogP) is 0.851. The highest BCUT2D eigenvalue weighted by molar-refractivity contribution is 7.89. The highest BCUT2D eigenvalue weighted by atomic mass is 32.2. The van der Waals surface area contributed by atoms with Crippen LogP contribution in [0.2, 0.25) is 0 Å². The van der Waals surface area contributed by atoms with Crippen LogP contribution in [0, 0.1) is 5.41 Å². The topological polar surface area (TPSA) is 112 Å². The number of primary sulfonamides is 1. The highest BCUT2D eigenvalue weighted by Gasteiger charge is 2.26. The summed E-state index contributed by atoms with van der Waals surface area (Å²) < 4.78 is 29.5. The summed E-state index contributed by atoms with van der Waals surface area (Å²) >= 11 is 0. The average Bonchev–Trinajstić information content (AvgIpc) is 2.79. The van der Waals surface area contributed by atoms with Gasteiger partial charge in [0.1, 0.15) is 6.33 Å². The molecule has 0 unspecified atom stereocenters. The van der Waals surface area contributed by atoms with Gasteiger partial charge in [0.05, 0.1) is 12.4 Å². The van der Waals surface area contributed by atoms with Crippen LogP contribution >= 0.6 is 0 Å². The number of sulfonamides is 1. The Hall–Kier alpha value is -2.00. The van der Waals surface area contributed by atoms with Gasteiger partial charge in [-0.25, -0.2) is 18.5 Å². The molecule has 0 aliphatic heterocycles. The second-order valence-electron chi connectivity index (χ2n) is 6.01. The lowest BCUT2D eigenvalue weighted by molar-refractivity contribution is 0.190. The monoisotopic (exact) mass is 325 g/mol. The Labute approximate surface area is 129 Å². The molecule has 0 saturated carbocycles. The number of fused-ring (bicyclic) bond motifs is 1. The van der Waals surface area contributed by atoms with Crippen molar-refractivity contribution in [2.45, 2.75) is 20.8 Å². The zero-order valence-electron chi connectivity index (χ0n) is 12.8. The molecule has 2 aromatic rings. The lowest BCUT2D eigenvalue weighted by atomic mass is 9.98. The van der Waals surface area contributed by atoms with Gasteiger partial charge in [-0.15, -0.1) is 14.8 Å². The van der Waals surface area contributed by atoms with Crippen molar-refractivity contribution in [1.82, 2.24) is 19.8 Å². The molecule has 0 aliphatic carbocycles. The molecule has 0 bridgehead atoms. The maximum atomic E-state index is 11.2. The quantitative estimate of drug-likeness (QED) is 0.842. The highest BCUT2D eigenvalue weighted by Crippen LogP contribution is 2.26. The molecule has 2 rings (SSSR count). The summed E-state index contributed by atoms with van der Waals surface area (Å²) in [5.74, 6) is 0.140. The van der Waals surface area contributed by atoms with Crippen LogP contribution in [-0.2, 0) is 10.0 Å². The van der Waals surface area contributed by atoms with E-state index in [1.807, 2.05) is 6.92 Å². The Morgan fingerprint density at radius 2 is 2.18 bits per heavy atom. The molecule has 0 saturated heterocycles. The summed E-state index contributed by atoms with van der Waals surface area (Å²) in [4.78, 5) is 4.06. The molecule has 0 amide bonds. The fraction of sp³-hybridized carbons (Fsp3) is 0.462. The molecule has 0 aromatic carbocycles. The molecule has 120 valence electrons. The second kappa shape index (κ2) is 5.65. The van der Waals surface area contributed by atoms with E-state index in [9.17, 15) is 8.42 Å². The van der Waals surface area contributed by atoms with E-state index >= 15 is 0 Å². The summed E-state index contributed by atoms with van der Waals surface area (Å²) in [5, 5.41) is 13.3.